The van der Waals surface area contributed by atoms with E-state index in [-0.39, 0.29) is 0 Å². The normalized spacial score (nSPS) is 10.0. The van der Waals surface area contributed by atoms with E-state index in [2.05, 4.69) is 4.98 Å². The van der Waals surface area contributed by atoms with Crippen LogP contribution in [-0.4, -0.2) is 4.98 Å². The van der Waals surface area contributed by atoms with E-state index < -0.39 is 0 Å². The van der Waals surface area contributed by atoms with Crippen LogP contribution < -0.4 is 0 Å². The SMILES string of the molecule is Cc1cc(Cl)c(C)c(Cl)n1. The maximum Gasteiger partial charge on any atom is 0.133 e. The molecule has 0 fully saturated rings. The molecule has 1 aromatic heterocycles. The smallest absolute Gasteiger partial charge is 0.133 e. The number of nitrogens with zero attached hydrogens (tertiary/aromatic N) is 1. The molecule has 0 saturated carbocycles. The first-order valence-electron chi connectivity index (χ1n) is 2.90. The molecule has 1 nitrogen and oxygen atoms in total. The molecule has 0 radical (unpaired) electrons. The van der Waals surface area contributed by atoms with E-state index in [4.69, 9.17) is 23.2 Å². The molecule has 0 aromatic carbocycles. The zero-order chi connectivity index (χ0) is 7.72. The Hall–Kier alpha value is -0.270. The largest absolute Gasteiger partial charge is 0.241 e. The number of pyridine rings is 1. The molecule has 1 heterocycles. The van der Waals surface area contributed by atoms with Crippen molar-refractivity contribution >= 4 is 23.2 Å². The van der Waals surface area contributed by atoms with Gasteiger partial charge in [-0.15, -0.1) is 0 Å². The van der Waals surface area contributed by atoms with Gasteiger partial charge in [0.25, 0.3) is 0 Å². The van der Waals surface area contributed by atoms with Gasteiger partial charge in [-0.1, -0.05) is 23.2 Å². The molecule has 0 aliphatic rings. The molecule has 0 aliphatic carbocycles. The Morgan fingerprint density at radius 3 is 2.40 bits per heavy atom. The maximum atomic E-state index is 5.79. The Labute approximate surface area is 70.0 Å². The third-order valence-electron chi connectivity index (χ3n) is 1.28. The fourth-order valence-corrected chi connectivity index (χ4v) is 1.19. The Morgan fingerprint density at radius 1 is 1.30 bits per heavy atom. The van der Waals surface area contributed by atoms with Crippen LogP contribution in [0.1, 0.15) is 11.3 Å². The second-order valence-electron chi connectivity index (χ2n) is 2.16. The van der Waals surface area contributed by atoms with Gasteiger partial charge in [0.15, 0.2) is 0 Å². The number of rotatable bonds is 0. The predicted octanol–water partition coefficient (Wildman–Crippen LogP) is 3.01. The van der Waals surface area contributed by atoms with Crippen molar-refractivity contribution in [2.75, 3.05) is 0 Å². The molecular formula is C7H7Cl2N. The average molecular weight is 176 g/mol. The van der Waals surface area contributed by atoms with Crippen molar-refractivity contribution in [3.63, 3.8) is 0 Å². The van der Waals surface area contributed by atoms with E-state index >= 15 is 0 Å². The average Bonchev–Trinajstić information content (AvgIpc) is 1.82. The number of hydrogen-bond acceptors (Lipinski definition) is 1. The zero-order valence-electron chi connectivity index (χ0n) is 5.78. The summed E-state index contributed by atoms with van der Waals surface area (Å²) in [4.78, 5) is 4.01. The summed E-state index contributed by atoms with van der Waals surface area (Å²) in [5.41, 5.74) is 1.69. The molecular weight excluding hydrogens is 169 g/mol. The Kier molecular flexibility index (Phi) is 2.17. The summed E-state index contributed by atoms with van der Waals surface area (Å²) in [7, 11) is 0. The number of halogens is 2. The molecule has 0 aliphatic heterocycles. The monoisotopic (exact) mass is 175 g/mol. The Morgan fingerprint density at radius 2 is 1.90 bits per heavy atom. The first-order valence-corrected chi connectivity index (χ1v) is 3.66. The minimum atomic E-state index is 0.491. The second kappa shape index (κ2) is 2.77. The van der Waals surface area contributed by atoms with Crippen molar-refractivity contribution in [2.24, 2.45) is 0 Å². The molecule has 0 amide bonds. The molecule has 0 bridgehead atoms. The van der Waals surface area contributed by atoms with Crippen LogP contribution >= 0.6 is 23.2 Å². The molecule has 0 saturated heterocycles. The van der Waals surface area contributed by atoms with E-state index in [1.54, 1.807) is 6.07 Å². The molecule has 54 valence electrons. The summed E-state index contributed by atoms with van der Waals surface area (Å²) in [6, 6.07) is 1.79. The van der Waals surface area contributed by atoms with Gasteiger partial charge in [-0.2, -0.15) is 0 Å². The predicted molar refractivity (Wildman–Crippen MR) is 43.7 cm³/mol. The van der Waals surface area contributed by atoms with Gasteiger partial charge < -0.3 is 0 Å². The number of aryl methyl sites for hydroxylation is 1. The summed E-state index contributed by atoms with van der Waals surface area (Å²) < 4.78 is 0. The van der Waals surface area contributed by atoms with Crippen LogP contribution in [0, 0.1) is 13.8 Å². The number of hydrogen-bond donors (Lipinski definition) is 0. The molecule has 10 heavy (non-hydrogen) atoms. The lowest BCUT2D eigenvalue weighted by atomic mass is 10.3. The van der Waals surface area contributed by atoms with Crippen LogP contribution in [0.25, 0.3) is 0 Å². The lowest BCUT2D eigenvalue weighted by Gasteiger charge is -2.00. The van der Waals surface area contributed by atoms with Crippen molar-refractivity contribution in [3.8, 4) is 0 Å². The minimum absolute atomic E-state index is 0.491. The van der Waals surface area contributed by atoms with Gasteiger partial charge in [-0.05, 0) is 19.9 Å². The lowest BCUT2D eigenvalue weighted by Crippen LogP contribution is -1.85. The van der Waals surface area contributed by atoms with E-state index in [9.17, 15) is 0 Å². The molecule has 3 heteroatoms. The maximum absolute atomic E-state index is 5.79. The highest BCUT2D eigenvalue weighted by Crippen LogP contribution is 2.21. The number of aromatic nitrogens is 1. The lowest BCUT2D eigenvalue weighted by molar-refractivity contribution is 1.17. The molecule has 0 unspecified atom stereocenters. The minimum Gasteiger partial charge on any atom is -0.241 e. The van der Waals surface area contributed by atoms with Crippen LogP contribution in [-0.2, 0) is 0 Å². The fourth-order valence-electron chi connectivity index (χ4n) is 0.661. The van der Waals surface area contributed by atoms with Crippen LogP contribution in [0.2, 0.25) is 10.2 Å². The van der Waals surface area contributed by atoms with Gasteiger partial charge in [0.1, 0.15) is 5.15 Å². The summed E-state index contributed by atoms with van der Waals surface area (Å²) >= 11 is 11.5. The van der Waals surface area contributed by atoms with E-state index in [1.807, 2.05) is 13.8 Å². The molecule has 1 rings (SSSR count). The highest BCUT2D eigenvalue weighted by Gasteiger charge is 2.01. The topological polar surface area (TPSA) is 12.9 Å². The molecule has 1 aromatic rings. The zero-order valence-corrected chi connectivity index (χ0v) is 7.29. The molecule has 0 spiro atoms. The van der Waals surface area contributed by atoms with Crippen LogP contribution in [0.5, 0.6) is 0 Å². The van der Waals surface area contributed by atoms with Gasteiger partial charge in [0.05, 0.1) is 0 Å². The van der Waals surface area contributed by atoms with Gasteiger partial charge in [-0.25, -0.2) is 4.98 Å². The van der Waals surface area contributed by atoms with E-state index in [0.29, 0.717) is 10.2 Å². The quantitative estimate of drug-likeness (QED) is 0.553. The van der Waals surface area contributed by atoms with Crippen LogP contribution in [0.4, 0.5) is 0 Å². The first kappa shape index (κ1) is 7.83. The Balaban J connectivity index is 3.31. The highest BCUT2D eigenvalue weighted by atomic mass is 35.5. The summed E-state index contributed by atoms with van der Waals surface area (Å²) in [5, 5.41) is 1.17. The van der Waals surface area contributed by atoms with Gasteiger partial charge in [0, 0.05) is 16.3 Å². The third-order valence-corrected chi connectivity index (χ3v) is 2.04. The second-order valence-corrected chi connectivity index (χ2v) is 2.93. The van der Waals surface area contributed by atoms with Crippen LogP contribution in [0.15, 0.2) is 6.07 Å². The van der Waals surface area contributed by atoms with Crippen molar-refractivity contribution in [2.45, 2.75) is 13.8 Å². The van der Waals surface area contributed by atoms with Gasteiger partial charge in [-0.3, -0.25) is 0 Å². The standard InChI is InChI=1S/C7H7Cl2N/c1-4-3-6(8)5(2)7(9)10-4/h3H,1-2H3. The molecule has 0 atom stereocenters. The van der Waals surface area contributed by atoms with Crippen molar-refractivity contribution in [1.82, 2.24) is 4.98 Å². The van der Waals surface area contributed by atoms with Gasteiger partial charge >= 0.3 is 0 Å². The summed E-state index contributed by atoms with van der Waals surface area (Å²) in [6.45, 7) is 3.70. The molecule has 0 N–H and O–H groups in total. The van der Waals surface area contributed by atoms with Crippen molar-refractivity contribution in [3.05, 3.63) is 27.5 Å². The van der Waals surface area contributed by atoms with E-state index in [0.717, 1.165) is 11.3 Å². The highest BCUT2D eigenvalue weighted by molar-refractivity contribution is 6.35. The first-order chi connectivity index (χ1) is 4.61. The van der Waals surface area contributed by atoms with Gasteiger partial charge in [0.2, 0.25) is 0 Å². The van der Waals surface area contributed by atoms with E-state index in [1.165, 1.54) is 0 Å². The summed E-state index contributed by atoms with van der Waals surface area (Å²) in [6.07, 6.45) is 0. The fraction of sp³-hybridized carbons (Fsp3) is 0.286. The third kappa shape index (κ3) is 1.41. The van der Waals surface area contributed by atoms with Crippen LogP contribution in [0.3, 0.4) is 0 Å². The van der Waals surface area contributed by atoms with Crippen molar-refractivity contribution < 1.29 is 0 Å². The van der Waals surface area contributed by atoms with Crippen molar-refractivity contribution in [1.29, 1.82) is 0 Å². The Bertz CT molecular complexity index is 235. The summed E-state index contributed by atoms with van der Waals surface area (Å²) in [5.74, 6) is 0.